The number of alkyl halides is 2. The third kappa shape index (κ3) is 3.47. The van der Waals surface area contributed by atoms with E-state index in [1.165, 1.54) is 6.08 Å². The highest BCUT2D eigenvalue weighted by Gasteiger charge is 2.45. The number of aliphatic hydroxyl groups is 1. The summed E-state index contributed by atoms with van der Waals surface area (Å²) in [6, 6.07) is 8.55. The largest absolute Gasteiger partial charge is 0.487 e. The second kappa shape index (κ2) is 6.34. The van der Waals surface area contributed by atoms with Gasteiger partial charge in [-0.25, -0.2) is 0 Å². The van der Waals surface area contributed by atoms with Crippen LogP contribution in [-0.4, -0.2) is 36.5 Å². The Morgan fingerprint density at radius 1 is 1.32 bits per heavy atom. The van der Waals surface area contributed by atoms with Crippen molar-refractivity contribution >= 4 is 0 Å². The summed E-state index contributed by atoms with van der Waals surface area (Å²) in [6.07, 6.45) is 3.08. The lowest BCUT2D eigenvalue weighted by molar-refractivity contribution is 0.00412. The molecule has 1 heterocycles. The van der Waals surface area contributed by atoms with Gasteiger partial charge in [0.05, 0.1) is 12.2 Å². The number of fused-ring (bicyclic) bond motifs is 1. The second-order valence-electron chi connectivity index (χ2n) is 5.96. The van der Waals surface area contributed by atoms with Gasteiger partial charge in [-0.1, -0.05) is 24.3 Å². The van der Waals surface area contributed by atoms with Gasteiger partial charge in [0, 0.05) is 18.9 Å². The molecule has 2 fully saturated rings. The zero-order valence-electron chi connectivity index (χ0n) is 12.2. The average Bonchev–Trinajstić information content (AvgIpc) is 3.05. The predicted molar refractivity (Wildman–Crippen MR) is 78.0 cm³/mol. The normalized spacial score (nSPS) is 31.6. The zero-order valence-corrected chi connectivity index (χ0v) is 12.2. The second-order valence-corrected chi connectivity index (χ2v) is 5.96. The Labute approximate surface area is 128 Å². The lowest BCUT2D eigenvalue weighted by Crippen LogP contribution is -2.24. The fourth-order valence-electron chi connectivity index (χ4n) is 3.30. The first kappa shape index (κ1) is 15.4. The van der Waals surface area contributed by atoms with Gasteiger partial charge in [-0.05, 0) is 30.5 Å². The molecule has 4 atom stereocenters. The molecular weight excluding hydrogens is 290 g/mol. The minimum Gasteiger partial charge on any atom is -0.487 e. The van der Waals surface area contributed by atoms with Crippen LogP contribution in [0.4, 0.5) is 8.78 Å². The summed E-state index contributed by atoms with van der Waals surface area (Å²) >= 11 is 0. The van der Waals surface area contributed by atoms with Gasteiger partial charge in [-0.2, -0.15) is 8.78 Å². The Hall–Kier alpha value is -1.46. The van der Waals surface area contributed by atoms with E-state index in [9.17, 15) is 13.9 Å². The molecule has 5 heteroatoms. The Bertz CT molecular complexity index is 518. The van der Waals surface area contributed by atoms with E-state index in [1.54, 1.807) is 30.3 Å². The quantitative estimate of drug-likeness (QED) is 0.850. The number of ether oxygens (including phenoxy) is 2. The predicted octanol–water partition coefficient (Wildman–Crippen LogP) is 3.04. The van der Waals surface area contributed by atoms with Crippen molar-refractivity contribution in [3.05, 3.63) is 42.5 Å². The Balaban J connectivity index is 1.58. The van der Waals surface area contributed by atoms with E-state index in [0.717, 1.165) is 12.5 Å². The van der Waals surface area contributed by atoms with Gasteiger partial charge >= 0.3 is 0 Å². The van der Waals surface area contributed by atoms with Crippen LogP contribution in [0.3, 0.4) is 0 Å². The van der Waals surface area contributed by atoms with Crippen molar-refractivity contribution in [2.45, 2.75) is 31.0 Å². The van der Waals surface area contributed by atoms with Crippen molar-refractivity contribution in [2.75, 3.05) is 13.2 Å². The van der Waals surface area contributed by atoms with Gasteiger partial charge in [0.15, 0.2) is 6.61 Å². The molecule has 22 heavy (non-hydrogen) atoms. The summed E-state index contributed by atoms with van der Waals surface area (Å²) in [7, 11) is 0. The molecule has 4 unspecified atom stereocenters. The summed E-state index contributed by atoms with van der Waals surface area (Å²) in [6.45, 7) is -0.0547. The Kier molecular flexibility index (Phi) is 4.45. The number of aliphatic hydroxyl groups excluding tert-OH is 1. The Morgan fingerprint density at radius 3 is 2.86 bits per heavy atom. The van der Waals surface area contributed by atoms with Crippen LogP contribution in [0.1, 0.15) is 12.8 Å². The molecule has 3 rings (SSSR count). The van der Waals surface area contributed by atoms with Crippen LogP contribution < -0.4 is 4.74 Å². The molecule has 120 valence electrons. The molecule has 0 bridgehead atoms. The summed E-state index contributed by atoms with van der Waals surface area (Å²) in [5, 5.41) is 9.99. The van der Waals surface area contributed by atoms with Crippen LogP contribution in [0.15, 0.2) is 42.5 Å². The lowest BCUT2D eigenvalue weighted by atomic mass is 9.91. The smallest absolute Gasteiger partial charge is 0.299 e. The number of hydrogen-bond donors (Lipinski definition) is 1. The molecule has 0 amide bonds. The van der Waals surface area contributed by atoms with Crippen molar-refractivity contribution in [2.24, 2.45) is 11.8 Å². The van der Waals surface area contributed by atoms with E-state index in [-0.39, 0.29) is 17.9 Å². The summed E-state index contributed by atoms with van der Waals surface area (Å²) in [5.74, 6) is -2.75. The fraction of sp³-hybridized carbons (Fsp3) is 0.529. The maximum atomic E-state index is 13.9. The topological polar surface area (TPSA) is 38.7 Å². The molecule has 1 aromatic carbocycles. The summed E-state index contributed by atoms with van der Waals surface area (Å²) in [4.78, 5) is 0. The van der Waals surface area contributed by atoms with Gasteiger partial charge in [0.2, 0.25) is 0 Å². The zero-order chi connectivity index (χ0) is 15.6. The number of para-hydroxylation sites is 1. The average molecular weight is 310 g/mol. The number of hydrogen-bond acceptors (Lipinski definition) is 3. The van der Waals surface area contributed by atoms with E-state index in [2.05, 4.69) is 0 Å². The molecule has 3 nitrogen and oxygen atoms in total. The van der Waals surface area contributed by atoms with Gasteiger partial charge in [0.25, 0.3) is 5.92 Å². The molecule has 1 saturated heterocycles. The van der Waals surface area contributed by atoms with Crippen molar-refractivity contribution in [1.82, 2.24) is 0 Å². The first-order chi connectivity index (χ1) is 10.6. The minimum atomic E-state index is -3.06. The van der Waals surface area contributed by atoms with Crippen molar-refractivity contribution < 1.29 is 23.4 Å². The molecule has 0 aromatic heterocycles. The van der Waals surface area contributed by atoms with Gasteiger partial charge in [-0.3, -0.25) is 0 Å². The van der Waals surface area contributed by atoms with E-state index in [1.807, 2.05) is 0 Å². The first-order valence-electron chi connectivity index (χ1n) is 7.60. The van der Waals surface area contributed by atoms with Gasteiger partial charge < -0.3 is 14.6 Å². The number of benzene rings is 1. The third-order valence-corrected chi connectivity index (χ3v) is 4.41. The Morgan fingerprint density at radius 2 is 2.09 bits per heavy atom. The highest BCUT2D eigenvalue weighted by molar-refractivity contribution is 5.21. The third-order valence-electron chi connectivity index (χ3n) is 4.41. The number of halogens is 2. The van der Waals surface area contributed by atoms with Crippen LogP contribution in [-0.2, 0) is 4.74 Å². The van der Waals surface area contributed by atoms with Crippen LogP contribution in [0.25, 0.3) is 0 Å². The van der Waals surface area contributed by atoms with Crippen LogP contribution in [0.5, 0.6) is 5.75 Å². The molecule has 2 aliphatic rings. The monoisotopic (exact) mass is 310 g/mol. The van der Waals surface area contributed by atoms with E-state index in [4.69, 9.17) is 9.47 Å². The van der Waals surface area contributed by atoms with Crippen molar-refractivity contribution in [1.29, 1.82) is 0 Å². The molecule has 1 N–H and O–H groups in total. The highest BCUT2D eigenvalue weighted by Crippen LogP contribution is 2.41. The summed E-state index contributed by atoms with van der Waals surface area (Å²) in [5.41, 5.74) is 0. The maximum absolute atomic E-state index is 13.9. The molecule has 0 spiro atoms. The molecule has 1 aliphatic heterocycles. The fourth-order valence-corrected chi connectivity index (χ4v) is 3.30. The molecule has 1 saturated carbocycles. The van der Waals surface area contributed by atoms with E-state index >= 15 is 0 Å². The lowest BCUT2D eigenvalue weighted by Gasteiger charge is -2.18. The molecule has 0 radical (unpaired) electrons. The number of rotatable bonds is 5. The van der Waals surface area contributed by atoms with Crippen molar-refractivity contribution in [3.8, 4) is 5.75 Å². The standard InChI is InChI=1S/C17H20F2O3/c18-17(19,11-22-12-4-2-1-3-5-12)8-6-13-14-7-9-21-16(14)10-15(13)20/h1-6,8,13-16,20H,7,9-11H2. The SMILES string of the molecule is OC1CC2OCCC2C1C=CC(F)(F)COc1ccccc1. The van der Waals surface area contributed by atoms with Gasteiger partial charge in [-0.15, -0.1) is 0 Å². The van der Waals surface area contributed by atoms with Gasteiger partial charge in [0.1, 0.15) is 5.75 Å². The van der Waals surface area contributed by atoms with Crippen LogP contribution in [0, 0.1) is 11.8 Å². The van der Waals surface area contributed by atoms with Crippen molar-refractivity contribution in [3.63, 3.8) is 0 Å². The summed E-state index contributed by atoms with van der Waals surface area (Å²) < 4.78 is 38.4. The maximum Gasteiger partial charge on any atom is 0.299 e. The highest BCUT2D eigenvalue weighted by atomic mass is 19.3. The molecule has 1 aromatic rings. The van der Waals surface area contributed by atoms with E-state index in [0.29, 0.717) is 18.8 Å². The van der Waals surface area contributed by atoms with E-state index < -0.39 is 18.6 Å². The van der Waals surface area contributed by atoms with Crippen LogP contribution >= 0.6 is 0 Å². The molecule has 1 aliphatic carbocycles. The van der Waals surface area contributed by atoms with Crippen LogP contribution in [0.2, 0.25) is 0 Å². The first-order valence-corrected chi connectivity index (χ1v) is 7.60. The molecular formula is C17H20F2O3. The minimum absolute atomic E-state index is 0.0128.